The summed E-state index contributed by atoms with van der Waals surface area (Å²) in [6, 6.07) is 5.51. The molecule has 0 aliphatic heterocycles. The molecule has 0 aromatic heterocycles. The van der Waals surface area contributed by atoms with Gasteiger partial charge in [0.1, 0.15) is 11.5 Å². The van der Waals surface area contributed by atoms with E-state index in [2.05, 4.69) is 5.32 Å². The van der Waals surface area contributed by atoms with Crippen LogP contribution in [-0.4, -0.2) is 53.3 Å². The highest BCUT2D eigenvalue weighted by Crippen LogP contribution is 2.23. The Bertz CT molecular complexity index is 529. The fourth-order valence-electron chi connectivity index (χ4n) is 1.63. The Hall–Kier alpha value is -1.31. The fourth-order valence-corrected chi connectivity index (χ4v) is 2.39. The average Bonchev–Trinajstić information content (AvgIpc) is 2.43. The van der Waals surface area contributed by atoms with Gasteiger partial charge in [0.2, 0.25) is 10.0 Å². The highest BCUT2D eigenvalue weighted by molar-refractivity contribution is 7.89. The molecule has 1 rings (SSSR count). The first-order chi connectivity index (χ1) is 9.40. The number of nitrogens with one attached hydrogen (secondary N) is 1. The molecule has 114 valence electrons. The summed E-state index contributed by atoms with van der Waals surface area (Å²) in [5, 5.41) is 3.10. The number of benzene rings is 1. The van der Waals surface area contributed by atoms with Crippen LogP contribution >= 0.6 is 0 Å². The first kappa shape index (κ1) is 16.7. The van der Waals surface area contributed by atoms with Crippen molar-refractivity contribution in [3.63, 3.8) is 0 Å². The van der Waals surface area contributed by atoms with Crippen molar-refractivity contribution in [2.75, 3.05) is 40.6 Å². The van der Waals surface area contributed by atoms with E-state index in [1.165, 1.54) is 18.4 Å². The maximum absolute atomic E-state index is 11.6. The molecule has 7 heteroatoms. The molecule has 0 saturated heterocycles. The van der Waals surface area contributed by atoms with Crippen molar-refractivity contribution in [3.8, 4) is 11.5 Å². The topological polar surface area (TPSA) is 67.9 Å². The summed E-state index contributed by atoms with van der Waals surface area (Å²) in [4.78, 5) is 0. The summed E-state index contributed by atoms with van der Waals surface area (Å²) in [5.74, 6) is 1.55. The van der Waals surface area contributed by atoms with E-state index in [9.17, 15) is 8.42 Å². The zero-order valence-electron chi connectivity index (χ0n) is 12.3. The van der Waals surface area contributed by atoms with E-state index >= 15 is 0 Å². The van der Waals surface area contributed by atoms with Gasteiger partial charge in [0.15, 0.2) is 0 Å². The lowest BCUT2D eigenvalue weighted by molar-refractivity contribution is 0.397. The Balaban J connectivity index is 2.57. The molecule has 6 nitrogen and oxygen atoms in total. The monoisotopic (exact) mass is 302 g/mol. The van der Waals surface area contributed by atoms with E-state index in [0.717, 1.165) is 17.1 Å². The van der Waals surface area contributed by atoms with Gasteiger partial charge in [-0.1, -0.05) is 0 Å². The number of hydrogen-bond acceptors (Lipinski definition) is 5. The van der Waals surface area contributed by atoms with Crippen LogP contribution in [0.25, 0.3) is 0 Å². The molecule has 0 atom stereocenters. The number of ether oxygens (including phenoxy) is 2. The first-order valence-corrected chi connectivity index (χ1v) is 7.83. The standard InChI is InChI=1S/C13H22N2O4S/c1-15(2)20(16,17)8-7-14-10-11-9-12(18-3)5-6-13(11)19-4/h5-6,9,14H,7-8,10H2,1-4H3. The zero-order valence-corrected chi connectivity index (χ0v) is 13.2. The highest BCUT2D eigenvalue weighted by Gasteiger charge is 2.12. The predicted molar refractivity (Wildman–Crippen MR) is 78.7 cm³/mol. The molecular weight excluding hydrogens is 280 g/mol. The smallest absolute Gasteiger partial charge is 0.214 e. The van der Waals surface area contributed by atoms with E-state index in [-0.39, 0.29) is 5.75 Å². The van der Waals surface area contributed by atoms with E-state index in [4.69, 9.17) is 9.47 Å². The number of sulfonamides is 1. The molecule has 0 radical (unpaired) electrons. The summed E-state index contributed by atoms with van der Waals surface area (Å²) in [6.45, 7) is 0.893. The van der Waals surface area contributed by atoms with E-state index in [1.807, 2.05) is 18.2 Å². The van der Waals surface area contributed by atoms with Gasteiger partial charge in [0, 0.05) is 32.7 Å². The van der Waals surface area contributed by atoms with Crippen LogP contribution < -0.4 is 14.8 Å². The average molecular weight is 302 g/mol. The lowest BCUT2D eigenvalue weighted by Gasteiger charge is -2.13. The zero-order chi connectivity index (χ0) is 15.2. The van der Waals surface area contributed by atoms with Crippen LogP contribution in [0, 0.1) is 0 Å². The lowest BCUT2D eigenvalue weighted by Crippen LogP contribution is -2.31. The molecule has 0 fully saturated rings. The van der Waals surface area contributed by atoms with Crippen molar-refractivity contribution in [2.45, 2.75) is 6.54 Å². The third kappa shape index (κ3) is 4.66. The van der Waals surface area contributed by atoms with Crippen LogP contribution in [-0.2, 0) is 16.6 Å². The second-order valence-electron chi connectivity index (χ2n) is 4.45. The summed E-state index contributed by atoms with van der Waals surface area (Å²) < 4.78 is 34.9. The van der Waals surface area contributed by atoms with Crippen molar-refractivity contribution in [1.29, 1.82) is 0 Å². The molecule has 0 spiro atoms. The van der Waals surface area contributed by atoms with Gasteiger partial charge in [-0.15, -0.1) is 0 Å². The second kappa shape index (κ2) is 7.47. The van der Waals surface area contributed by atoms with Crippen molar-refractivity contribution in [3.05, 3.63) is 23.8 Å². The minimum atomic E-state index is -3.17. The highest BCUT2D eigenvalue weighted by atomic mass is 32.2. The van der Waals surface area contributed by atoms with E-state index < -0.39 is 10.0 Å². The Labute approximate surface area is 120 Å². The van der Waals surface area contributed by atoms with Gasteiger partial charge in [-0.3, -0.25) is 0 Å². The molecular formula is C13H22N2O4S. The Morgan fingerprint density at radius 3 is 2.45 bits per heavy atom. The molecule has 20 heavy (non-hydrogen) atoms. The SMILES string of the molecule is COc1ccc(OC)c(CNCCS(=O)(=O)N(C)C)c1. The van der Waals surface area contributed by atoms with Gasteiger partial charge in [0.05, 0.1) is 20.0 Å². The summed E-state index contributed by atoms with van der Waals surface area (Å²) in [7, 11) is 3.09. The Morgan fingerprint density at radius 2 is 1.90 bits per heavy atom. The quantitative estimate of drug-likeness (QED) is 0.716. The molecule has 0 bridgehead atoms. The number of nitrogens with zero attached hydrogens (tertiary/aromatic N) is 1. The van der Waals surface area contributed by atoms with Crippen LogP contribution in [0.5, 0.6) is 11.5 Å². The van der Waals surface area contributed by atoms with Crippen LogP contribution in [0.4, 0.5) is 0 Å². The van der Waals surface area contributed by atoms with Gasteiger partial charge in [0.25, 0.3) is 0 Å². The molecule has 0 aliphatic carbocycles. The van der Waals surface area contributed by atoms with Gasteiger partial charge in [-0.2, -0.15) is 0 Å². The van der Waals surface area contributed by atoms with Crippen LogP contribution in [0.2, 0.25) is 0 Å². The lowest BCUT2D eigenvalue weighted by atomic mass is 10.2. The molecule has 0 amide bonds. The van der Waals surface area contributed by atoms with Crippen molar-refractivity contribution >= 4 is 10.0 Å². The van der Waals surface area contributed by atoms with Crippen LogP contribution in [0.15, 0.2) is 18.2 Å². The normalized spacial score (nSPS) is 11.7. The van der Waals surface area contributed by atoms with Gasteiger partial charge in [-0.25, -0.2) is 12.7 Å². The van der Waals surface area contributed by atoms with E-state index in [1.54, 1.807) is 14.2 Å². The maximum Gasteiger partial charge on any atom is 0.214 e. The molecule has 0 unspecified atom stereocenters. The third-order valence-electron chi connectivity index (χ3n) is 2.90. The molecule has 0 heterocycles. The minimum Gasteiger partial charge on any atom is -0.497 e. The van der Waals surface area contributed by atoms with Crippen molar-refractivity contribution in [1.82, 2.24) is 9.62 Å². The van der Waals surface area contributed by atoms with Gasteiger partial charge >= 0.3 is 0 Å². The second-order valence-corrected chi connectivity index (χ2v) is 6.76. The predicted octanol–water partition coefficient (Wildman–Crippen LogP) is 0.685. The minimum absolute atomic E-state index is 0.0618. The molecule has 1 aromatic rings. The van der Waals surface area contributed by atoms with Crippen LogP contribution in [0.1, 0.15) is 5.56 Å². The number of methoxy groups -OCH3 is 2. The third-order valence-corrected chi connectivity index (χ3v) is 4.73. The van der Waals surface area contributed by atoms with Crippen LogP contribution in [0.3, 0.4) is 0 Å². The Morgan fingerprint density at radius 1 is 1.20 bits per heavy atom. The van der Waals surface area contributed by atoms with Crippen molar-refractivity contribution in [2.24, 2.45) is 0 Å². The fraction of sp³-hybridized carbons (Fsp3) is 0.538. The summed E-state index contributed by atoms with van der Waals surface area (Å²) in [6.07, 6.45) is 0. The molecule has 1 aromatic carbocycles. The summed E-state index contributed by atoms with van der Waals surface area (Å²) in [5.41, 5.74) is 0.925. The number of hydrogen-bond donors (Lipinski definition) is 1. The number of rotatable bonds is 8. The largest absolute Gasteiger partial charge is 0.497 e. The summed E-state index contributed by atoms with van der Waals surface area (Å²) >= 11 is 0. The molecule has 1 N–H and O–H groups in total. The molecule has 0 aliphatic rings. The maximum atomic E-state index is 11.6. The van der Waals surface area contributed by atoms with Gasteiger partial charge in [-0.05, 0) is 18.2 Å². The van der Waals surface area contributed by atoms with E-state index in [0.29, 0.717) is 13.1 Å². The van der Waals surface area contributed by atoms with Gasteiger partial charge < -0.3 is 14.8 Å². The molecule has 0 saturated carbocycles. The first-order valence-electron chi connectivity index (χ1n) is 6.22. The Kier molecular flexibility index (Phi) is 6.25. The van der Waals surface area contributed by atoms with Crippen molar-refractivity contribution < 1.29 is 17.9 Å².